The topological polar surface area (TPSA) is 34.9 Å². The zero-order chi connectivity index (χ0) is 9.42. The fourth-order valence-corrected chi connectivity index (χ4v) is 1.65. The number of aryl methyl sites for hydroxylation is 2. The molecule has 1 heterocycles. The maximum atomic E-state index is 10.7. The Morgan fingerprint density at radius 3 is 2.92 bits per heavy atom. The van der Waals surface area contributed by atoms with E-state index in [1.165, 1.54) is 0 Å². The zero-order valence-electron chi connectivity index (χ0n) is 7.61. The van der Waals surface area contributed by atoms with Gasteiger partial charge in [-0.2, -0.15) is 5.10 Å². The molecule has 0 unspecified atom stereocenters. The first kappa shape index (κ1) is 7.98. The lowest BCUT2D eigenvalue weighted by Crippen LogP contribution is -1.91. The Morgan fingerprint density at radius 2 is 2.23 bits per heavy atom. The third kappa shape index (κ3) is 1.04. The van der Waals surface area contributed by atoms with Crippen LogP contribution in [0.15, 0.2) is 18.2 Å². The number of fused-ring (bicyclic) bond motifs is 1. The van der Waals surface area contributed by atoms with Gasteiger partial charge in [-0.05, 0) is 12.5 Å². The van der Waals surface area contributed by atoms with Crippen LogP contribution in [-0.2, 0) is 7.05 Å². The van der Waals surface area contributed by atoms with Crippen LogP contribution in [0.1, 0.15) is 16.1 Å². The van der Waals surface area contributed by atoms with E-state index >= 15 is 0 Å². The highest BCUT2D eigenvalue weighted by Crippen LogP contribution is 2.19. The summed E-state index contributed by atoms with van der Waals surface area (Å²) < 4.78 is 1.74. The van der Waals surface area contributed by atoms with E-state index in [0.717, 1.165) is 22.8 Å². The molecule has 3 heteroatoms. The summed E-state index contributed by atoms with van der Waals surface area (Å²) in [5.74, 6) is 0. The van der Waals surface area contributed by atoms with Crippen molar-refractivity contribution < 1.29 is 4.79 Å². The highest BCUT2D eigenvalue weighted by atomic mass is 16.1. The summed E-state index contributed by atoms with van der Waals surface area (Å²) in [5.41, 5.74) is 2.69. The number of carbonyl (C=O) groups is 1. The van der Waals surface area contributed by atoms with Crippen molar-refractivity contribution in [1.82, 2.24) is 9.78 Å². The second-order valence-electron chi connectivity index (χ2n) is 3.10. The highest BCUT2D eigenvalue weighted by molar-refractivity contribution is 5.96. The van der Waals surface area contributed by atoms with Crippen molar-refractivity contribution in [2.24, 2.45) is 7.05 Å². The molecule has 0 fully saturated rings. The van der Waals surface area contributed by atoms with E-state index in [0.29, 0.717) is 5.69 Å². The van der Waals surface area contributed by atoms with Crippen LogP contribution in [0.5, 0.6) is 0 Å². The quantitative estimate of drug-likeness (QED) is 0.617. The molecule has 0 atom stereocenters. The van der Waals surface area contributed by atoms with E-state index in [1.807, 2.05) is 32.2 Å². The van der Waals surface area contributed by atoms with Gasteiger partial charge >= 0.3 is 0 Å². The van der Waals surface area contributed by atoms with E-state index in [4.69, 9.17) is 0 Å². The Balaban J connectivity index is 2.95. The van der Waals surface area contributed by atoms with Crippen molar-refractivity contribution in [2.75, 3.05) is 0 Å². The van der Waals surface area contributed by atoms with E-state index in [-0.39, 0.29) is 0 Å². The second kappa shape index (κ2) is 2.69. The van der Waals surface area contributed by atoms with Crippen LogP contribution in [0.4, 0.5) is 0 Å². The molecule has 1 aromatic heterocycles. The van der Waals surface area contributed by atoms with Crippen molar-refractivity contribution >= 4 is 17.2 Å². The summed E-state index contributed by atoms with van der Waals surface area (Å²) in [7, 11) is 1.85. The molecule has 2 rings (SSSR count). The summed E-state index contributed by atoms with van der Waals surface area (Å²) >= 11 is 0. The molecule has 2 aromatic rings. The maximum absolute atomic E-state index is 10.7. The molecule has 0 bridgehead atoms. The van der Waals surface area contributed by atoms with Crippen LogP contribution in [0.2, 0.25) is 0 Å². The lowest BCUT2D eigenvalue weighted by atomic mass is 10.1. The van der Waals surface area contributed by atoms with Gasteiger partial charge in [-0.3, -0.25) is 9.48 Å². The summed E-state index contributed by atoms with van der Waals surface area (Å²) in [6.07, 6.45) is 0.793. The van der Waals surface area contributed by atoms with Crippen LogP contribution < -0.4 is 0 Å². The van der Waals surface area contributed by atoms with Gasteiger partial charge in [-0.1, -0.05) is 18.2 Å². The van der Waals surface area contributed by atoms with Crippen molar-refractivity contribution in [2.45, 2.75) is 6.92 Å². The summed E-state index contributed by atoms with van der Waals surface area (Å²) in [6, 6.07) is 5.87. The van der Waals surface area contributed by atoms with Gasteiger partial charge in [0.15, 0.2) is 6.29 Å². The van der Waals surface area contributed by atoms with Crippen LogP contribution in [0, 0.1) is 6.92 Å². The van der Waals surface area contributed by atoms with Gasteiger partial charge in [-0.25, -0.2) is 0 Å². The van der Waals surface area contributed by atoms with E-state index < -0.39 is 0 Å². The molecule has 0 saturated heterocycles. The first-order valence-corrected chi connectivity index (χ1v) is 4.11. The van der Waals surface area contributed by atoms with E-state index in [1.54, 1.807) is 4.68 Å². The number of aldehydes is 1. The maximum Gasteiger partial charge on any atom is 0.170 e. The first-order valence-electron chi connectivity index (χ1n) is 4.11. The first-order chi connectivity index (χ1) is 6.24. The van der Waals surface area contributed by atoms with Gasteiger partial charge in [0.1, 0.15) is 5.69 Å². The minimum Gasteiger partial charge on any atom is -0.296 e. The average Bonchev–Trinajstić information content (AvgIpc) is 2.44. The molecular weight excluding hydrogens is 164 g/mol. The Hall–Kier alpha value is -1.64. The fourth-order valence-electron chi connectivity index (χ4n) is 1.65. The number of hydrogen-bond donors (Lipinski definition) is 0. The van der Waals surface area contributed by atoms with Gasteiger partial charge in [0.25, 0.3) is 0 Å². The molecule has 0 N–H and O–H groups in total. The van der Waals surface area contributed by atoms with Gasteiger partial charge in [0.2, 0.25) is 0 Å². The lowest BCUT2D eigenvalue weighted by molar-refractivity contribution is 0.112. The average molecular weight is 174 g/mol. The van der Waals surface area contributed by atoms with E-state index in [9.17, 15) is 4.79 Å². The summed E-state index contributed by atoms with van der Waals surface area (Å²) in [6.45, 7) is 2.01. The Labute approximate surface area is 76.0 Å². The number of carbonyl (C=O) groups excluding carboxylic acids is 1. The number of nitrogens with zero attached hydrogens (tertiary/aromatic N) is 2. The van der Waals surface area contributed by atoms with Crippen molar-refractivity contribution in [3.05, 3.63) is 29.5 Å². The van der Waals surface area contributed by atoms with Crippen LogP contribution >= 0.6 is 0 Å². The van der Waals surface area contributed by atoms with Crippen LogP contribution in [-0.4, -0.2) is 16.1 Å². The van der Waals surface area contributed by atoms with Crippen LogP contribution in [0.25, 0.3) is 10.9 Å². The van der Waals surface area contributed by atoms with Gasteiger partial charge in [0, 0.05) is 12.4 Å². The molecule has 0 radical (unpaired) electrons. The van der Waals surface area contributed by atoms with Gasteiger partial charge in [0.05, 0.1) is 5.52 Å². The standard InChI is InChI=1S/C10H10N2O/c1-7-4-3-5-8-9(6-13)11-12(2)10(7)8/h3-6H,1-2H3. The Kier molecular flexibility index (Phi) is 1.65. The lowest BCUT2D eigenvalue weighted by Gasteiger charge is -1.97. The molecule has 0 aliphatic heterocycles. The second-order valence-corrected chi connectivity index (χ2v) is 3.10. The SMILES string of the molecule is Cc1cccc2c(C=O)nn(C)c12. The molecule has 1 aromatic carbocycles. The number of para-hydroxylation sites is 1. The van der Waals surface area contributed by atoms with Crippen molar-refractivity contribution in [3.63, 3.8) is 0 Å². The Morgan fingerprint density at radius 1 is 1.46 bits per heavy atom. The largest absolute Gasteiger partial charge is 0.296 e. The third-order valence-corrected chi connectivity index (χ3v) is 2.21. The van der Waals surface area contributed by atoms with Crippen molar-refractivity contribution in [1.29, 1.82) is 0 Å². The molecule has 66 valence electrons. The molecular formula is C10H10N2O. The predicted octanol–water partition coefficient (Wildman–Crippen LogP) is 1.69. The summed E-state index contributed by atoms with van der Waals surface area (Å²) in [4.78, 5) is 10.7. The Bertz CT molecular complexity index is 471. The third-order valence-electron chi connectivity index (χ3n) is 2.21. The molecule has 0 aliphatic carbocycles. The molecule has 0 saturated carbocycles. The molecule has 3 nitrogen and oxygen atoms in total. The van der Waals surface area contributed by atoms with Crippen LogP contribution in [0.3, 0.4) is 0 Å². The number of hydrogen-bond acceptors (Lipinski definition) is 2. The molecule has 0 amide bonds. The fraction of sp³-hybridized carbons (Fsp3) is 0.200. The molecule has 0 spiro atoms. The monoisotopic (exact) mass is 174 g/mol. The van der Waals surface area contributed by atoms with E-state index in [2.05, 4.69) is 5.10 Å². The number of benzene rings is 1. The van der Waals surface area contributed by atoms with Gasteiger partial charge < -0.3 is 0 Å². The zero-order valence-corrected chi connectivity index (χ0v) is 7.61. The molecule has 13 heavy (non-hydrogen) atoms. The normalized spacial score (nSPS) is 10.6. The minimum absolute atomic E-state index is 0.515. The summed E-state index contributed by atoms with van der Waals surface area (Å²) in [5, 5.41) is 5.05. The number of aromatic nitrogens is 2. The minimum atomic E-state index is 0.515. The smallest absolute Gasteiger partial charge is 0.170 e. The number of rotatable bonds is 1. The van der Waals surface area contributed by atoms with Crippen molar-refractivity contribution in [3.8, 4) is 0 Å². The highest BCUT2D eigenvalue weighted by Gasteiger charge is 2.08. The molecule has 0 aliphatic rings. The van der Waals surface area contributed by atoms with Gasteiger partial charge in [-0.15, -0.1) is 0 Å². The predicted molar refractivity (Wildman–Crippen MR) is 50.8 cm³/mol.